The molecule has 5 aromatic rings. The van der Waals surface area contributed by atoms with Crippen molar-refractivity contribution in [3.05, 3.63) is 65.4 Å². The van der Waals surface area contributed by atoms with Gasteiger partial charge in [0.25, 0.3) is 0 Å². The molecule has 0 unspecified atom stereocenters. The molecule has 31 heavy (non-hydrogen) atoms. The molecule has 0 amide bonds. The molecule has 0 atom stereocenters. The Balaban J connectivity index is 1.57. The van der Waals surface area contributed by atoms with Crippen LogP contribution in [0.2, 0.25) is 0 Å². The van der Waals surface area contributed by atoms with Crippen molar-refractivity contribution < 1.29 is 8.42 Å². The van der Waals surface area contributed by atoms with Crippen LogP contribution in [0.1, 0.15) is 13.8 Å². The van der Waals surface area contributed by atoms with E-state index >= 15 is 0 Å². The number of fused-ring (bicyclic) bond motifs is 2. The van der Waals surface area contributed by atoms with E-state index < -0.39 is 15.1 Å². The normalized spacial score (nSPS) is 12.3. The summed E-state index contributed by atoms with van der Waals surface area (Å²) in [7, 11) is -3.30. The van der Waals surface area contributed by atoms with Crippen LogP contribution >= 0.6 is 27.3 Å². The average Bonchev–Trinajstić information content (AvgIpc) is 3.36. The van der Waals surface area contributed by atoms with E-state index in [1.54, 1.807) is 55.6 Å². The van der Waals surface area contributed by atoms with Gasteiger partial charge in [0.2, 0.25) is 0 Å². The molecule has 3 aromatic heterocycles. The standard InChI is InChI=1S/C23H18BrN3O2S2/c1-13(2)31(28,29)17-6-3-14(4-7-17)19-12-26-23-22(27-19)18(11-25-23)21-10-15-9-16(24)5-8-20(15)30-21/h3-13H,1-2H3,(H,25,26). The van der Waals surface area contributed by atoms with Gasteiger partial charge in [-0.2, -0.15) is 0 Å². The van der Waals surface area contributed by atoms with Gasteiger partial charge in [0.15, 0.2) is 15.5 Å². The van der Waals surface area contributed by atoms with Gasteiger partial charge < -0.3 is 4.98 Å². The molecule has 0 radical (unpaired) electrons. The first-order valence-corrected chi connectivity index (χ1v) is 12.9. The van der Waals surface area contributed by atoms with Crippen LogP contribution in [0.4, 0.5) is 0 Å². The van der Waals surface area contributed by atoms with Gasteiger partial charge in [0.1, 0.15) is 5.52 Å². The molecule has 2 aromatic carbocycles. The smallest absolute Gasteiger partial charge is 0.180 e. The predicted molar refractivity (Wildman–Crippen MR) is 130 cm³/mol. The van der Waals surface area contributed by atoms with E-state index in [1.165, 1.54) is 10.1 Å². The van der Waals surface area contributed by atoms with Crippen LogP contribution in [-0.4, -0.2) is 28.6 Å². The molecule has 8 heteroatoms. The van der Waals surface area contributed by atoms with Crippen molar-refractivity contribution in [3.8, 4) is 21.7 Å². The molecule has 156 valence electrons. The summed E-state index contributed by atoms with van der Waals surface area (Å²) in [6.07, 6.45) is 3.64. The van der Waals surface area contributed by atoms with Crippen molar-refractivity contribution in [2.45, 2.75) is 24.0 Å². The van der Waals surface area contributed by atoms with Gasteiger partial charge in [-0.25, -0.2) is 18.4 Å². The zero-order valence-corrected chi connectivity index (χ0v) is 20.0. The van der Waals surface area contributed by atoms with E-state index in [2.05, 4.69) is 44.1 Å². The number of rotatable bonds is 4. The number of sulfone groups is 1. The lowest BCUT2D eigenvalue weighted by Gasteiger charge is -2.08. The van der Waals surface area contributed by atoms with Crippen molar-refractivity contribution in [2.75, 3.05) is 0 Å². The number of hydrogen-bond acceptors (Lipinski definition) is 5. The van der Waals surface area contributed by atoms with E-state index in [4.69, 9.17) is 4.98 Å². The van der Waals surface area contributed by atoms with Crippen LogP contribution < -0.4 is 0 Å². The molecule has 0 saturated carbocycles. The largest absolute Gasteiger partial charge is 0.344 e. The summed E-state index contributed by atoms with van der Waals surface area (Å²) in [5, 5.41) is 0.716. The highest BCUT2D eigenvalue weighted by atomic mass is 79.9. The van der Waals surface area contributed by atoms with E-state index in [0.717, 1.165) is 31.6 Å². The molecule has 3 heterocycles. The topological polar surface area (TPSA) is 75.7 Å². The third-order valence-corrected chi connectivity index (χ3v) is 9.04. The Morgan fingerprint density at radius 2 is 1.84 bits per heavy atom. The fourth-order valence-electron chi connectivity index (χ4n) is 3.45. The van der Waals surface area contributed by atoms with Gasteiger partial charge in [-0.3, -0.25) is 0 Å². The Hall–Kier alpha value is -2.55. The Morgan fingerprint density at radius 1 is 1.06 bits per heavy atom. The summed E-state index contributed by atoms with van der Waals surface area (Å²) in [5.41, 5.74) is 4.04. The molecular formula is C23H18BrN3O2S2. The molecule has 0 aliphatic carbocycles. The Bertz CT molecular complexity index is 1530. The first-order valence-electron chi connectivity index (χ1n) is 9.71. The highest BCUT2D eigenvalue weighted by molar-refractivity contribution is 9.10. The first kappa shape index (κ1) is 20.4. The van der Waals surface area contributed by atoms with Crippen LogP contribution in [0.5, 0.6) is 0 Å². The maximum atomic E-state index is 12.4. The maximum Gasteiger partial charge on any atom is 0.180 e. The molecule has 5 rings (SSSR count). The summed E-state index contributed by atoms with van der Waals surface area (Å²) in [4.78, 5) is 14.0. The lowest BCUT2D eigenvalue weighted by molar-refractivity contribution is 0.587. The average molecular weight is 512 g/mol. The molecular weight excluding hydrogens is 494 g/mol. The minimum absolute atomic E-state index is 0.319. The van der Waals surface area contributed by atoms with E-state index in [-0.39, 0.29) is 0 Å². The number of H-pyrrole nitrogens is 1. The molecule has 0 aliphatic heterocycles. The van der Waals surface area contributed by atoms with Gasteiger partial charge in [-0.15, -0.1) is 11.3 Å². The number of nitrogens with zero attached hydrogens (tertiary/aromatic N) is 2. The fraction of sp³-hybridized carbons (Fsp3) is 0.130. The van der Waals surface area contributed by atoms with Gasteiger partial charge in [-0.05, 0) is 55.6 Å². The monoisotopic (exact) mass is 511 g/mol. The third-order valence-electron chi connectivity index (χ3n) is 5.22. The number of nitrogens with one attached hydrogen (secondary N) is 1. The Kier molecular flexibility index (Phi) is 4.96. The number of aromatic amines is 1. The van der Waals surface area contributed by atoms with Gasteiger partial charge in [0, 0.05) is 31.4 Å². The molecule has 1 N–H and O–H groups in total. The fourth-order valence-corrected chi connectivity index (χ4v) is 5.95. The van der Waals surface area contributed by atoms with Gasteiger partial charge >= 0.3 is 0 Å². The minimum atomic E-state index is -3.30. The molecule has 0 bridgehead atoms. The first-order chi connectivity index (χ1) is 14.8. The van der Waals surface area contributed by atoms with Crippen LogP contribution in [0.3, 0.4) is 0 Å². The number of benzene rings is 2. The van der Waals surface area contributed by atoms with Crippen molar-refractivity contribution in [1.29, 1.82) is 0 Å². The SMILES string of the molecule is CC(C)S(=O)(=O)c1ccc(-c2cnc3[nH]cc(-c4cc5cc(Br)ccc5s4)c3n2)cc1. The zero-order valence-electron chi connectivity index (χ0n) is 16.8. The molecule has 0 spiro atoms. The van der Waals surface area contributed by atoms with Crippen LogP contribution in [0.15, 0.2) is 70.3 Å². The second kappa shape index (κ2) is 7.55. The molecule has 5 nitrogen and oxygen atoms in total. The summed E-state index contributed by atoms with van der Waals surface area (Å²) in [5.74, 6) is 0. The Morgan fingerprint density at radius 3 is 2.58 bits per heavy atom. The lowest BCUT2D eigenvalue weighted by atomic mass is 10.1. The van der Waals surface area contributed by atoms with Crippen LogP contribution in [-0.2, 0) is 9.84 Å². The highest BCUT2D eigenvalue weighted by Crippen LogP contribution is 2.37. The van der Waals surface area contributed by atoms with Gasteiger partial charge in [-0.1, -0.05) is 28.1 Å². The maximum absolute atomic E-state index is 12.4. The quantitative estimate of drug-likeness (QED) is 0.300. The van der Waals surface area contributed by atoms with Gasteiger partial charge in [0.05, 0.1) is 22.0 Å². The number of hydrogen-bond donors (Lipinski definition) is 1. The summed E-state index contributed by atoms with van der Waals surface area (Å²) in [6.45, 7) is 3.37. The molecule has 0 saturated heterocycles. The van der Waals surface area contributed by atoms with Crippen LogP contribution in [0, 0.1) is 0 Å². The number of halogens is 1. The Labute approximate surface area is 192 Å². The second-order valence-electron chi connectivity index (χ2n) is 7.57. The summed E-state index contributed by atoms with van der Waals surface area (Å²) < 4.78 is 27.0. The summed E-state index contributed by atoms with van der Waals surface area (Å²) >= 11 is 5.24. The van der Waals surface area contributed by atoms with Crippen LogP contribution in [0.25, 0.3) is 42.9 Å². The van der Waals surface area contributed by atoms with Crippen molar-refractivity contribution >= 4 is 58.4 Å². The van der Waals surface area contributed by atoms with E-state index in [1.807, 2.05) is 12.3 Å². The number of aromatic nitrogens is 3. The molecule has 0 aliphatic rings. The highest BCUT2D eigenvalue weighted by Gasteiger charge is 2.19. The molecule has 0 fully saturated rings. The third kappa shape index (κ3) is 3.58. The number of thiophene rings is 1. The van der Waals surface area contributed by atoms with Crippen molar-refractivity contribution in [1.82, 2.24) is 15.0 Å². The lowest BCUT2D eigenvalue weighted by Crippen LogP contribution is -2.13. The van der Waals surface area contributed by atoms with Crippen molar-refractivity contribution in [3.63, 3.8) is 0 Å². The predicted octanol–water partition coefficient (Wildman–Crippen LogP) is 6.45. The van der Waals surface area contributed by atoms with E-state index in [9.17, 15) is 8.42 Å². The van der Waals surface area contributed by atoms with Crippen molar-refractivity contribution in [2.24, 2.45) is 0 Å². The second-order valence-corrected chi connectivity index (χ2v) is 12.1. The van der Waals surface area contributed by atoms with E-state index in [0.29, 0.717) is 10.6 Å². The zero-order chi connectivity index (χ0) is 21.8. The summed E-state index contributed by atoms with van der Waals surface area (Å²) in [6, 6.07) is 15.3. The minimum Gasteiger partial charge on any atom is -0.344 e.